The van der Waals surface area contributed by atoms with E-state index in [0.29, 0.717) is 42.3 Å². The number of halogens is 3. The molecule has 2 aliphatic heterocycles. The average molecular weight is 620 g/mol. The van der Waals surface area contributed by atoms with Gasteiger partial charge in [0.05, 0.1) is 12.1 Å². The van der Waals surface area contributed by atoms with Gasteiger partial charge in [-0.15, -0.1) is 0 Å². The molecule has 7 nitrogen and oxygen atoms in total. The third-order valence-electron chi connectivity index (χ3n) is 8.91. The molecule has 2 aromatic heterocycles. The lowest BCUT2D eigenvalue weighted by atomic mass is 10.0. The van der Waals surface area contributed by atoms with Crippen LogP contribution in [0.3, 0.4) is 0 Å². The molecule has 2 aromatic carbocycles. The number of likely N-dealkylation sites (tertiary alicyclic amines) is 1. The highest BCUT2D eigenvalue weighted by molar-refractivity contribution is 6.30. The molecule has 0 spiro atoms. The Hall–Kier alpha value is -3.66. The summed E-state index contributed by atoms with van der Waals surface area (Å²) in [7, 11) is 0. The second-order valence-electron chi connectivity index (χ2n) is 11.8. The van der Waals surface area contributed by atoms with Crippen LogP contribution in [0.2, 0.25) is 5.02 Å². The molecule has 0 bridgehead atoms. The number of hydrogen-bond acceptors (Lipinski definition) is 5. The summed E-state index contributed by atoms with van der Waals surface area (Å²) >= 11 is 6.07. The van der Waals surface area contributed by atoms with E-state index < -0.39 is 17.3 Å². The molecular formula is C34H36ClF2N5O2. The summed E-state index contributed by atoms with van der Waals surface area (Å²) in [6, 6.07) is 17.2. The van der Waals surface area contributed by atoms with Gasteiger partial charge in [-0.05, 0) is 61.3 Å². The van der Waals surface area contributed by atoms with Crippen molar-refractivity contribution in [2.24, 2.45) is 0 Å². The lowest BCUT2D eigenvalue weighted by molar-refractivity contribution is 0.131. The van der Waals surface area contributed by atoms with Gasteiger partial charge in [0.1, 0.15) is 11.6 Å². The number of benzene rings is 2. The Balaban J connectivity index is 1.34. The fourth-order valence-electron chi connectivity index (χ4n) is 6.53. The van der Waals surface area contributed by atoms with Crippen LogP contribution in [0.5, 0.6) is 0 Å². The lowest BCUT2D eigenvalue weighted by Gasteiger charge is -2.36. The Kier molecular flexibility index (Phi) is 9.35. The van der Waals surface area contributed by atoms with Crippen LogP contribution in [0.1, 0.15) is 47.3 Å². The maximum atomic E-state index is 14.8. The highest BCUT2D eigenvalue weighted by atomic mass is 35.5. The molecule has 1 atom stereocenters. The standard InChI is InChI=1S/C34H36ClF2N5O2/c35-25-12-10-24(11-13-25)20-39-18-15-32-29(22-39)33(43)42(34(44)41(32)23-28-30(36)8-5-9-31(28)37)21-27-7-2-4-17-40(27)19-14-26-6-1-3-16-38-26/h1,3,5-6,8-13,16,27H,2,4,7,14-15,17-23H2/t27-/m1/s1. The van der Waals surface area contributed by atoms with Crippen LogP contribution in [0.15, 0.2) is 76.4 Å². The molecule has 6 rings (SSSR count). The van der Waals surface area contributed by atoms with Gasteiger partial charge in [-0.2, -0.15) is 0 Å². The van der Waals surface area contributed by atoms with Crippen molar-refractivity contribution in [1.29, 1.82) is 0 Å². The van der Waals surface area contributed by atoms with Crippen LogP contribution in [-0.2, 0) is 39.0 Å². The molecule has 0 aliphatic carbocycles. The van der Waals surface area contributed by atoms with Crippen molar-refractivity contribution < 1.29 is 8.78 Å². The van der Waals surface area contributed by atoms with Crippen molar-refractivity contribution in [2.75, 3.05) is 19.6 Å². The van der Waals surface area contributed by atoms with E-state index in [2.05, 4.69) is 14.8 Å². The monoisotopic (exact) mass is 619 g/mol. The molecule has 0 unspecified atom stereocenters. The summed E-state index contributed by atoms with van der Waals surface area (Å²) in [5, 5.41) is 0.654. The quantitative estimate of drug-likeness (QED) is 0.263. The first-order valence-corrected chi connectivity index (χ1v) is 15.6. The highest BCUT2D eigenvalue weighted by Gasteiger charge is 2.29. The van der Waals surface area contributed by atoms with Gasteiger partial charge in [-0.25, -0.2) is 13.6 Å². The van der Waals surface area contributed by atoms with Crippen LogP contribution in [0, 0.1) is 11.6 Å². The van der Waals surface area contributed by atoms with E-state index in [1.807, 2.05) is 42.5 Å². The average Bonchev–Trinajstić information content (AvgIpc) is 3.04. The predicted octanol–water partition coefficient (Wildman–Crippen LogP) is 5.04. The summed E-state index contributed by atoms with van der Waals surface area (Å²) in [4.78, 5) is 37.1. The SMILES string of the molecule is O=c1c2c(n(Cc3c(F)cccc3F)c(=O)n1C[C@H]1CCCCN1CCc1ccccn1)CCN(Cc1ccc(Cl)cc1)C2. The minimum atomic E-state index is -0.712. The summed E-state index contributed by atoms with van der Waals surface area (Å²) in [6.07, 6.45) is 5.89. The molecule has 0 radical (unpaired) electrons. The minimum absolute atomic E-state index is 0.0108. The molecule has 0 saturated carbocycles. The molecule has 1 saturated heterocycles. The molecule has 0 amide bonds. The second-order valence-corrected chi connectivity index (χ2v) is 12.2. The number of hydrogen-bond donors (Lipinski definition) is 0. The molecule has 44 heavy (non-hydrogen) atoms. The fourth-order valence-corrected chi connectivity index (χ4v) is 6.66. The van der Waals surface area contributed by atoms with E-state index in [9.17, 15) is 18.4 Å². The van der Waals surface area contributed by atoms with Crippen LogP contribution in [0.4, 0.5) is 8.78 Å². The van der Waals surface area contributed by atoms with Crippen molar-refractivity contribution in [1.82, 2.24) is 23.9 Å². The first-order valence-electron chi connectivity index (χ1n) is 15.3. The second kappa shape index (κ2) is 13.5. The molecule has 4 heterocycles. The number of rotatable bonds is 9. The third kappa shape index (κ3) is 6.70. The van der Waals surface area contributed by atoms with Crippen LogP contribution < -0.4 is 11.2 Å². The van der Waals surface area contributed by atoms with Gasteiger partial charge in [0.2, 0.25) is 0 Å². The van der Waals surface area contributed by atoms with Crippen molar-refractivity contribution in [2.45, 2.75) is 64.3 Å². The van der Waals surface area contributed by atoms with Gasteiger partial charge in [0.15, 0.2) is 0 Å². The number of aromatic nitrogens is 3. The molecule has 230 valence electrons. The van der Waals surface area contributed by atoms with Gasteiger partial charge in [0.25, 0.3) is 5.56 Å². The van der Waals surface area contributed by atoms with Crippen molar-refractivity contribution in [3.05, 3.63) is 132 Å². The molecule has 0 N–H and O–H groups in total. The number of fused-ring (bicyclic) bond motifs is 1. The summed E-state index contributed by atoms with van der Waals surface area (Å²) in [5.41, 5.74) is 2.12. The number of nitrogens with zero attached hydrogens (tertiary/aromatic N) is 5. The molecule has 1 fully saturated rings. The third-order valence-corrected chi connectivity index (χ3v) is 9.16. The van der Waals surface area contributed by atoms with Crippen molar-refractivity contribution in [3.8, 4) is 0 Å². The highest BCUT2D eigenvalue weighted by Crippen LogP contribution is 2.22. The fraction of sp³-hybridized carbons (Fsp3) is 0.382. The van der Waals surface area contributed by atoms with Crippen LogP contribution >= 0.6 is 11.6 Å². The van der Waals surface area contributed by atoms with E-state index in [0.717, 1.165) is 50.0 Å². The zero-order chi connectivity index (χ0) is 30.6. The van der Waals surface area contributed by atoms with Gasteiger partial charge < -0.3 is 0 Å². The zero-order valence-electron chi connectivity index (χ0n) is 24.6. The van der Waals surface area contributed by atoms with Gasteiger partial charge in [0, 0.05) is 79.8 Å². The van der Waals surface area contributed by atoms with Crippen LogP contribution in [-0.4, -0.2) is 49.6 Å². The van der Waals surface area contributed by atoms with Gasteiger partial charge in [-0.3, -0.25) is 28.7 Å². The largest absolute Gasteiger partial charge is 0.331 e. The first kappa shape index (κ1) is 30.4. The van der Waals surface area contributed by atoms with Crippen molar-refractivity contribution in [3.63, 3.8) is 0 Å². The Labute approximate surface area is 260 Å². The summed E-state index contributed by atoms with van der Waals surface area (Å²) in [6.45, 7) is 3.15. The maximum Gasteiger partial charge on any atom is 0.331 e. The molecular weight excluding hydrogens is 584 g/mol. The number of piperidine rings is 1. The normalized spacial score (nSPS) is 17.5. The topological polar surface area (TPSA) is 63.4 Å². The van der Waals surface area contributed by atoms with E-state index in [1.54, 1.807) is 6.20 Å². The maximum absolute atomic E-state index is 14.8. The molecule has 2 aliphatic rings. The van der Waals surface area contributed by atoms with Crippen molar-refractivity contribution >= 4 is 11.6 Å². The van der Waals surface area contributed by atoms with Gasteiger partial charge >= 0.3 is 5.69 Å². The summed E-state index contributed by atoms with van der Waals surface area (Å²) in [5.74, 6) is -1.42. The Bertz CT molecular complexity index is 1700. The van der Waals surface area contributed by atoms with Crippen LogP contribution in [0.25, 0.3) is 0 Å². The molecule has 10 heteroatoms. The Morgan fingerprint density at radius 3 is 2.43 bits per heavy atom. The molecule has 4 aromatic rings. The van der Waals surface area contributed by atoms with Gasteiger partial charge in [-0.1, -0.05) is 42.3 Å². The van der Waals surface area contributed by atoms with E-state index in [-0.39, 0.29) is 30.3 Å². The van der Waals surface area contributed by atoms with E-state index in [1.165, 1.54) is 27.3 Å². The van der Waals surface area contributed by atoms with E-state index >= 15 is 0 Å². The first-order chi connectivity index (χ1) is 21.4. The minimum Gasteiger partial charge on any atom is -0.298 e. The zero-order valence-corrected chi connectivity index (χ0v) is 25.4. The lowest BCUT2D eigenvalue weighted by Crippen LogP contribution is -2.52. The predicted molar refractivity (Wildman–Crippen MR) is 167 cm³/mol. The Morgan fingerprint density at radius 1 is 0.886 bits per heavy atom. The smallest absolute Gasteiger partial charge is 0.298 e. The van der Waals surface area contributed by atoms with E-state index in [4.69, 9.17) is 11.6 Å². The summed E-state index contributed by atoms with van der Waals surface area (Å²) < 4.78 is 32.4. The Morgan fingerprint density at radius 2 is 1.68 bits per heavy atom. The number of pyridine rings is 1.